The molecule has 1 aliphatic rings. The first-order valence-corrected chi connectivity index (χ1v) is 7.08. The Kier molecular flexibility index (Phi) is 4.82. The first-order chi connectivity index (χ1) is 8.19. The largest absolute Gasteiger partial charge is 0.550 e. The van der Waals surface area contributed by atoms with Crippen LogP contribution in [0.5, 0.6) is 0 Å². The molecule has 1 fully saturated rings. The lowest BCUT2D eigenvalue weighted by atomic mass is 9.58. The molecule has 1 aliphatic carbocycles. The molecule has 1 rings (SSSR count). The van der Waals surface area contributed by atoms with Crippen LogP contribution in [0.3, 0.4) is 0 Å². The van der Waals surface area contributed by atoms with Crippen LogP contribution in [-0.4, -0.2) is 17.2 Å². The molecular weight excluding hydrogens is 228 g/mol. The second kappa shape index (κ2) is 5.60. The van der Waals surface area contributed by atoms with E-state index in [1.54, 1.807) is 6.92 Å². The van der Waals surface area contributed by atoms with Gasteiger partial charge < -0.3 is 15.0 Å². The van der Waals surface area contributed by atoms with Gasteiger partial charge >= 0.3 is 0 Å². The second-order valence-electron chi connectivity index (χ2n) is 6.76. The minimum atomic E-state index is -0.919. The van der Waals surface area contributed by atoms with Gasteiger partial charge in [-0.1, -0.05) is 27.7 Å². The molecule has 1 N–H and O–H groups in total. The molecule has 106 valence electrons. The van der Waals surface area contributed by atoms with Crippen molar-refractivity contribution in [1.82, 2.24) is 0 Å². The highest BCUT2D eigenvalue weighted by Crippen LogP contribution is 2.49. The summed E-state index contributed by atoms with van der Waals surface area (Å²) in [5.74, 6) is -0.585. The van der Waals surface area contributed by atoms with Crippen LogP contribution in [0.15, 0.2) is 0 Å². The van der Waals surface area contributed by atoms with Crippen LogP contribution < -0.4 is 5.11 Å². The lowest BCUT2D eigenvalue weighted by Gasteiger charge is -2.48. The van der Waals surface area contributed by atoms with E-state index in [2.05, 4.69) is 20.8 Å². The molecule has 0 radical (unpaired) electrons. The Morgan fingerprint density at radius 3 is 2.28 bits per heavy atom. The van der Waals surface area contributed by atoms with Crippen LogP contribution in [-0.2, 0) is 4.79 Å². The van der Waals surface area contributed by atoms with Gasteiger partial charge in [-0.25, -0.2) is 0 Å². The van der Waals surface area contributed by atoms with Crippen LogP contribution in [0, 0.1) is 29.1 Å². The first-order valence-electron chi connectivity index (χ1n) is 7.08. The van der Waals surface area contributed by atoms with E-state index in [0.717, 1.165) is 12.8 Å². The van der Waals surface area contributed by atoms with Gasteiger partial charge in [0.05, 0.1) is 6.10 Å². The third kappa shape index (κ3) is 3.05. The number of carboxylic acids is 1. The molecule has 0 aromatic carbocycles. The molecule has 0 heterocycles. The van der Waals surface area contributed by atoms with Crippen molar-refractivity contribution in [2.24, 2.45) is 29.1 Å². The van der Waals surface area contributed by atoms with Crippen LogP contribution in [0.1, 0.15) is 53.9 Å². The summed E-state index contributed by atoms with van der Waals surface area (Å²) in [5, 5.41) is 21.2. The molecule has 3 heteroatoms. The zero-order valence-electron chi connectivity index (χ0n) is 12.3. The molecule has 0 spiro atoms. The smallest absolute Gasteiger partial charge is 0.0542 e. The molecule has 3 nitrogen and oxygen atoms in total. The molecule has 1 saturated carbocycles. The summed E-state index contributed by atoms with van der Waals surface area (Å²) in [6.07, 6.45) is 2.15. The summed E-state index contributed by atoms with van der Waals surface area (Å²) in [6.45, 7) is 10.1. The van der Waals surface area contributed by atoms with E-state index >= 15 is 0 Å². The topological polar surface area (TPSA) is 60.4 Å². The van der Waals surface area contributed by atoms with Crippen LogP contribution in [0.4, 0.5) is 0 Å². The van der Waals surface area contributed by atoms with Crippen molar-refractivity contribution in [3.63, 3.8) is 0 Å². The summed E-state index contributed by atoms with van der Waals surface area (Å²) < 4.78 is 0. The standard InChI is InChI=1S/C15H28O3/c1-9(2)12-6-7-15(5,10(3)11(4)16)8-13(12)14(17)18/h9-13,16H,6-8H2,1-5H3,(H,17,18)/p-1. The Morgan fingerprint density at radius 2 is 1.89 bits per heavy atom. The van der Waals surface area contributed by atoms with Crippen molar-refractivity contribution in [3.05, 3.63) is 0 Å². The van der Waals surface area contributed by atoms with Gasteiger partial charge in [0.1, 0.15) is 0 Å². The van der Waals surface area contributed by atoms with Gasteiger partial charge in [0, 0.05) is 11.9 Å². The SMILES string of the molecule is CC(C)C1CCC(C)(C(C)C(C)O)CC1C(=O)[O-]. The van der Waals surface area contributed by atoms with E-state index < -0.39 is 12.1 Å². The summed E-state index contributed by atoms with van der Waals surface area (Å²) in [5.41, 5.74) is -0.0930. The van der Waals surface area contributed by atoms with Gasteiger partial charge in [-0.05, 0) is 49.4 Å². The molecule has 5 atom stereocenters. The molecular formula is C15H27O3-. The molecule has 0 bridgehead atoms. The number of carbonyl (C=O) groups excluding carboxylic acids is 1. The summed E-state index contributed by atoms with van der Waals surface area (Å²) >= 11 is 0. The lowest BCUT2D eigenvalue weighted by molar-refractivity contribution is -0.316. The first kappa shape index (κ1) is 15.5. The molecule has 18 heavy (non-hydrogen) atoms. The fourth-order valence-electron chi connectivity index (χ4n) is 3.51. The highest BCUT2D eigenvalue weighted by molar-refractivity contribution is 5.68. The minimum Gasteiger partial charge on any atom is -0.550 e. The summed E-state index contributed by atoms with van der Waals surface area (Å²) in [7, 11) is 0. The number of hydrogen-bond acceptors (Lipinski definition) is 3. The quantitative estimate of drug-likeness (QED) is 0.833. The highest BCUT2D eigenvalue weighted by atomic mass is 16.4. The number of rotatable bonds is 4. The molecule has 5 unspecified atom stereocenters. The Labute approximate surface area is 111 Å². The van der Waals surface area contributed by atoms with Crippen molar-refractivity contribution in [2.45, 2.75) is 60.0 Å². The molecule has 0 saturated heterocycles. The van der Waals surface area contributed by atoms with Crippen molar-refractivity contribution in [2.75, 3.05) is 0 Å². The molecule has 0 aromatic rings. The van der Waals surface area contributed by atoms with E-state index in [4.69, 9.17) is 0 Å². The highest BCUT2D eigenvalue weighted by Gasteiger charge is 2.43. The number of aliphatic carboxylic acids is 1. The average Bonchev–Trinajstić information content (AvgIpc) is 2.27. The van der Waals surface area contributed by atoms with Gasteiger partial charge in [0.2, 0.25) is 0 Å². The van der Waals surface area contributed by atoms with Crippen LogP contribution in [0.2, 0.25) is 0 Å². The maximum Gasteiger partial charge on any atom is 0.0542 e. The maximum absolute atomic E-state index is 11.4. The van der Waals surface area contributed by atoms with Gasteiger partial charge in [0.25, 0.3) is 0 Å². The molecule has 0 aliphatic heterocycles. The van der Waals surface area contributed by atoms with E-state index in [9.17, 15) is 15.0 Å². The maximum atomic E-state index is 11.4. The predicted octanol–water partition coefficient (Wildman–Crippen LogP) is 1.83. The van der Waals surface area contributed by atoms with Crippen molar-refractivity contribution < 1.29 is 15.0 Å². The van der Waals surface area contributed by atoms with Crippen LogP contribution >= 0.6 is 0 Å². The Bertz CT molecular complexity index is 298. The number of aliphatic hydroxyl groups is 1. The monoisotopic (exact) mass is 255 g/mol. The number of carbonyl (C=O) groups is 1. The third-order valence-corrected chi connectivity index (χ3v) is 5.23. The fraction of sp³-hybridized carbons (Fsp3) is 0.933. The van der Waals surface area contributed by atoms with Gasteiger partial charge in [0.15, 0.2) is 0 Å². The summed E-state index contributed by atoms with van der Waals surface area (Å²) in [4.78, 5) is 11.4. The van der Waals surface area contributed by atoms with E-state index in [-0.39, 0.29) is 23.2 Å². The second-order valence-corrected chi connectivity index (χ2v) is 6.76. The Balaban J connectivity index is 2.89. The average molecular weight is 255 g/mol. The molecule has 0 amide bonds. The number of hydrogen-bond donors (Lipinski definition) is 1. The normalized spacial score (nSPS) is 36.4. The van der Waals surface area contributed by atoms with Crippen molar-refractivity contribution in [3.8, 4) is 0 Å². The Morgan fingerprint density at radius 1 is 1.33 bits per heavy atom. The van der Waals surface area contributed by atoms with Gasteiger partial charge in [-0.3, -0.25) is 0 Å². The number of carboxylic acid groups (broad SMARTS) is 1. The minimum absolute atomic E-state index is 0.0930. The number of aliphatic hydroxyl groups excluding tert-OH is 1. The predicted molar refractivity (Wildman–Crippen MR) is 69.6 cm³/mol. The zero-order chi connectivity index (χ0) is 14.1. The van der Waals surface area contributed by atoms with E-state index in [1.165, 1.54) is 0 Å². The van der Waals surface area contributed by atoms with Crippen LogP contribution in [0.25, 0.3) is 0 Å². The fourth-order valence-corrected chi connectivity index (χ4v) is 3.51. The zero-order valence-corrected chi connectivity index (χ0v) is 12.3. The lowest BCUT2D eigenvalue weighted by Crippen LogP contribution is -2.47. The van der Waals surface area contributed by atoms with E-state index in [0.29, 0.717) is 12.3 Å². The Hall–Kier alpha value is -0.570. The van der Waals surface area contributed by atoms with Crippen molar-refractivity contribution >= 4 is 5.97 Å². The van der Waals surface area contributed by atoms with E-state index in [1.807, 2.05) is 6.92 Å². The molecule has 0 aromatic heterocycles. The van der Waals surface area contributed by atoms with Gasteiger partial charge in [-0.2, -0.15) is 0 Å². The van der Waals surface area contributed by atoms with Crippen molar-refractivity contribution in [1.29, 1.82) is 0 Å². The van der Waals surface area contributed by atoms with Gasteiger partial charge in [-0.15, -0.1) is 0 Å². The third-order valence-electron chi connectivity index (χ3n) is 5.23. The summed E-state index contributed by atoms with van der Waals surface area (Å²) in [6, 6.07) is 0.